The van der Waals surface area contributed by atoms with Gasteiger partial charge < -0.3 is 4.74 Å². The number of benzene rings is 1. The molecule has 0 N–H and O–H groups in total. The van der Waals surface area contributed by atoms with Crippen molar-refractivity contribution in [2.24, 2.45) is 5.41 Å². The Bertz CT molecular complexity index is 1400. The van der Waals surface area contributed by atoms with E-state index in [1.807, 2.05) is 6.08 Å². The molecule has 0 spiro atoms. The molecule has 1 aliphatic carbocycles. The molecule has 0 radical (unpaired) electrons. The fourth-order valence-corrected chi connectivity index (χ4v) is 6.20. The van der Waals surface area contributed by atoms with Crippen molar-refractivity contribution in [3.05, 3.63) is 76.6 Å². The summed E-state index contributed by atoms with van der Waals surface area (Å²) < 4.78 is 48.1. The Morgan fingerprint density at radius 3 is 2.62 bits per heavy atom. The minimum absolute atomic E-state index is 0.00460. The van der Waals surface area contributed by atoms with E-state index in [-0.39, 0.29) is 35.4 Å². The lowest BCUT2D eigenvalue weighted by Crippen LogP contribution is -2.53. The van der Waals surface area contributed by atoms with Crippen molar-refractivity contribution in [1.29, 1.82) is 0 Å². The highest BCUT2D eigenvalue weighted by Gasteiger charge is 2.51. The minimum Gasteiger partial charge on any atom is -0.468 e. The third kappa shape index (κ3) is 3.62. The van der Waals surface area contributed by atoms with Crippen molar-refractivity contribution in [1.82, 2.24) is 19.1 Å². The van der Waals surface area contributed by atoms with Gasteiger partial charge in [0.1, 0.15) is 21.3 Å². The van der Waals surface area contributed by atoms with E-state index in [0.29, 0.717) is 12.1 Å². The first kappa shape index (κ1) is 22.7. The number of halogens is 2. The highest BCUT2D eigenvalue weighted by atomic mass is 35.5. The number of aromatic nitrogens is 3. The van der Waals surface area contributed by atoms with Crippen molar-refractivity contribution < 1.29 is 22.3 Å². The number of methoxy groups -OCH3 is 1. The van der Waals surface area contributed by atoms with E-state index in [4.69, 9.17) is 16.3 Å². The number of pyridine rings is 1. The molecule has 1 saturated heterocycles. The molecular formula is C23H20ClFN4O4S. The summed E-state index contributed by atoms with van der Waals surface area (Å²) in [5.41, 5.74) is 1.82. The summed E-state index contributed by atoms with van der Waals surface area (Å²) >= 11 is 5.81. The molecule has 1 unspecified atom stereocenters. The maximum Gasteiger partial charge on any atom is 0.317 e. The van der Waals surface area contributed by atoms with E-state index in [1.54, 1.807) is 23.0 Å². The second-order valence-electron chi connectivity index (χ2n) is 8.27. The molecule has 5 rings (SSSR count). The number of nitrogens with zero attached hydrogens (tertiary/aromatic N) is 4. The van der Waals surface area contributed by atoms with Gasteiger partial charge in [-0.05, 0) is 66.5 Å². The second kappa shape index (κ2) is 8.30. The highest BCUT2D eigenvalue weighted by molar-refractivity contribution is 7.89. The number of esters is 1. The molecule has 176 valence electrons. The SMILES string of the molecule is COC(=O)C12Cc3cnn(-c4ccc(F)cc4)c3C=C1CCN(S(=O)(=O)c1ccc(Cl)nc1)C2. The van der Waals surface area contributed by atoms with E-state index in [0.717, 1.165) is 16.8 Å². The number of fused-ring (bicyclic) bond motifs is 2. The van der Waals surface area contributed by atoms with Crippen molar-refractivity contribution >= 4 is 33.7 Å². The molecule has 1 aromatic carbocycles. The van der Waals surface area contributed by atoms with E-state index in [2.05, 4.69) is 10.1 Å². The largest absolute Gasteiger partial charge is 0.468 e. The number of hydrogen-bond acceptors (Lipinski definition) is 6. The monoisotopic (exact) mass is 502 g/mol. The van der Waals surface area contributed by atoms with Crippen LogP contribution in [0.3, 0.4) is 0 Å². The van der Waals surface area contributed by atoms with Crippen LogP contribution >= 0.6 is 11.6 Å². The summed E-state index contributed by atoms with van der Waals surface area (Å²) in [6.07, 6.45) is 5.29. The smallest absolute Gasteiger partial charge is 0.317 e. The molecule has 3 aromatic rings. The summed E-state index contributed by atoms with van der Waals surface area (Å²) in [6, 6.07) is 8.76. The molecule has 2 aliphatic rings. The number of piperidine rings is 1. The number of hydrogen-bond donors (Lipinski definition) is 0. The first-order chi connectivity index (χ1) is 16.2. The molecule has 8 nitrogen and oxygen atoms in total. The molecule has 0 amide bonds. The van der Waals surface area contributed by atoms with Crippen LogP contribution < -0.4 is 0 Å². The van der Waals surface area contributed by atoms with Crippen molar-refractivity contribution in [2.75, 3.05) is 20.2 Å². The lowest BCUT2D eigenvalue weighted by atomic mass is 9.69. The Balaban J connectivity index is 1.54. The van der Waals surface area contributed by atoms with Gasteiger partial charge in [-0.3, -0.25) is 4.79 Å². The number of rotatable bonds is 4. The van der Waals surface area contributed by atoms with Crippen molar-refractivity contribution in [3.63, 3.8) is 0 Å². The topological polar surface area (TPSA) is 94.4 Å². The first-order valence-corrected chi connectivity index (χ1v) is 12.3. The Labute approximate surface area is 200 Å². The number of carbonyl (C=O) groups excluding carboxylic acids is 1. The first-order valence-electron chi connectivity index (χ1n) is 10.5. The summed E-state index contributed by atoms with van der Waals surface area (Å²) in [6.45, 7) is 0.118. The molecule has 34 heavy (non-hydrogen) atoms. The minimum atomic E-state index is -3.91. The van der Waals surface area contributed by atoms with Crippen LogP contribution in [0.15, 0.2) is 59.3 Å². The summed E-state index contributed by atoms with van der Waals surface area (Å²) in [5, 5.41) is 4.63. The van der Waals surface area contributed by atoms with Gasteiger partial charge in [-0.25, -0.2) is 22.5 Å². The van der Waals surface area contributed by atoms with Crippen molar-refractivity contribution in [2.45, 2.75) is 17.7 Å². The Morgan fingerprint density at radius 2 is 1.94 bits per heavy atom. The lowest BCUT2D eigenvalue weighted by Gasteiger charge is -2.43. The number of carbonyl (C=O) groups is 1. The maximum atomic E-state index is 13.4. The van der Waals surface area contributed by atoms with E-state index >= 15 is 0 Å². The molecule has 11 heteroatoms. The zero-order valence-electron chi connectivity index (χ0n) is 18.1. The fourth-order valence-electron chi connectivity index (χ4n) is 4.64. The third-order valence-corrected chi connectivity index (χ3v) is 8.42. The molecular weight excluding hydrogens is 483 g/mol. The summed E-state index contributed by atoms with van der Waals surface area (Å²) in [7, 11) is -2.61. The average molecular weight is 503 g/mol. The van der Waals surface area contributed by atoms with Gasteiger partial charge in [0.2, 0.25) is 10.0 Å². The van der Waals surface area contributed by atoms with Crippen LogP contribution in [0.1, 0.15) is 17.7 Å². The van der Waals surface area contributed by atoms with Crippen LogP contribution in [-0.4, -0.2) is 53.7 Å². The quantitative estimate of drug-likeness (QED) is 0.401. The van der Waals surface area contributed by atoms with Crippen LogP contribution in [0.2, 0.25) is 5.15 Å². The van der Waals surface area contributed by atoms with Gasteiger partial charge >= 0.3 is 5.97 Å². The van der Waals surface area contributed by atoms with Gasteiger partial charge in [0.05, 0.1) is 24.7 Å². The Morgan fingerprint density at radius 1 is 1.18 bits per heavy atom. The molecule has 1 fully saturated rings. The maximum absolute atomic E-state index is 13.4. The second-order valence-corrected chi connectivity index (χ2v) is 10.6. The van der Waals surface area contributed by atoms with Gasteiger partial charge in [-0.15, -0.1) is 0 Å². The fraction of sp³-hybridized carbons (Fsp3) is 0.261. The zero-order chi connectivity index (χ0) is 24.1. The van der Waals surface area contributed by atoms with Gasteiger partial charge in [-0.2, -0.15) is 9.40 Å². The summed E-state index contributed by atoms with van der Waals surface area (Å²) in [4.78, 5) is 17.0. The van der Waals surface area contributed by atoms with Crippen LogP contribution in [0.4, 0.5) is 4.39 Å². The zero-order valence-corrected chi connectivity index (χ0v) is 19.7. The van der Waals surface area contributed by atoms with E-state index in [1.165, 1.54) is 41.9 Å². The molecule has 0 bridgehead atoms. The number of ether oxygens (including phenoxy) is 1. The van der Waals surface area contributed by atoms with Crippen molar-refractivity contribution in [3.8, 4) is 5.69 Å². The van der Waals surface area contributed by atoms with Crippen LogP contribution in [0, 0.1) is 11.2 Å². The van der Waals surface area contributed by atoms with Gasteiger partial charge in [0.25, 0.3) is 0 Å². The van der Waals surface area contributed by atoms with E-state index in [9.17, 15) is 17.6 Å². The number of sulfonamides is 1. The summed E-state index contributed by atoms with van der Waals surface area (Å²) in [5.74, 6) is -0.856. The molecule has 2 aromatic heterocycles. The van der Waals surface area contributed by atoms with Gasteiger partial charge in [0, 0.05) is 19.3 Å². The van der Waals surface area contributed by atoms with Gasteiger partial charge in [-0.1, -0.05) is 11.6 Å². The van der Waals surface area contributed by atoms with Gasteiger partial charge in [0.15, 0.2) is 0 Å². The standard InChI is InChI=1S/C23H20ClFN4O4S/c1-33-22(30)23-11-15-12-27-29(18-4-2-17(25)3-5-18)20(15)10-16(23)8-9-28(14-23)34(31,32)19-6-7-21(24)26-13-19/h2-7,10,12-13H,8-9,11,14H2,1H3. The lowest BCUT2D eigenvalue weighted by molar-refractivity contribution is -0.151. The highest BCUT2D eigenvalue weighted by Crippen LogP contribution is 2.46. The van der Waals surface area contributed by atoms with Crippen LogP contribution in [-0.2, 0) is 26.0 Å². The molecule has 3 heterocycles. The Hall–Kier alpha value is -3.08. The van der Waals surface area contributed by atoms with Crippen LogP contribution in [0.5, 0.6) is 0 Å². The van der Waals surface area contributed by atoms with Crippen LogP contribution in [0.25, 0.3) is 11.8 Å². The molecule has 1 atom stereocenters. The molecule has 0 saturated carbocycles. The van der Waals surface area contributed by atoms with E-state index < -0.39 is 21.4 Å². The molecule has 1 aliphatic heterocycles. The Kier molecular flexibility index (Phi) is 5.54. The predicted octanol–water partition coefficient (Wildman–Crippen LogP) is 3.25. The third-order valence-electron chi connectivity index (χ3n) is 6.37. The predicted molar refractivity (Wildman–Crippen MR) is 122 cm³/mol. The average Bonchev–Trinajstić information content (AvgIpc) is 3.24. The normalized spacial score (nSPS) is 20.3.